The Bertz CT molecular complexity index is 1410. The second kappa shape index (κ2) is 12.1. The first-order chi connectivity index (χ1) is 19.0. The largest absolute Gasteiger partial charge is 0.493 e. The summed E-state index contributed by atoms with van der Waals surface area (Å²) in [5, 5.41) is 7.28. The molecule has 39 heavy (non-hydrogen) atoms. The van der Waals surface area contributed by atoms with Crippen molar-refractivity contribution in [1.29, 1.82) is 0 Å². The molecule has 1 unspecified atom stereocenters. The van der Waals surface area contributed by atoms with E-state index >= 15 is 0 Å². The number of nitrogens with zero attached hydrogens (tertiary/aromatic N) is 5. The van der Waals surface area contributed by atoms with Crippen LogP contribution in [-0.2, 0) is 24.4 Å². The Hall–Kier alpha value is -4.18. The molecule has 1 N–H and O–H groups in total. The molecule has 4 aromatic rings. The van der Waals surface area contributed by atoms with E-state index in [1.165, 1.54) is 5.56 Å². The van der Waals surface area contributed by atoms with Crippen LogP contribution >= 0.6 is 0 Å². The number of hydrogen-bond donors (Lipinski definition) is 1. The maximum atomic E-state index is 13.0. The highest BCUT2D eigenvalue weighted by Gasteiger charge is 2.27. The van der Waals surface area contributed by atoms with E-state index in [1.54, 1.807) is 14.2 Å². The Kier molecular flexibility index (Phi) is 8.21. The van der Waals surface area contributed by atoms with E-state index in [4.69, 9.17) is 14.0 Å². The maximum absolute atomic E-state index is 13.0. The molecule has 10 heteroatoms. The van der Waals surface area contributed by atoms with E-state index in [2.05, 4.69) is 42.0 Å². The van der Waals surface area contributed by atoms with Crippen LogP contribution in [0.5, 0.6) is 11.5 Å². The van der Waals surface area contributed by atoms with Gasteiger partial charge < -0.3 is 23.9 Å². The molecule has 1 aliphatic rings. The van der Waals surface area contributed by atoms with Gasteiger partial charge >= 0.3 is 0 Å². The normalized spacial score (nSPS) is 15.7. The molecule has 10 nitrogen and oxygen atoms in total. The van der Waals surface area contributed by atoms with Crippen molar-refractivity contribution < 1.29 is 18.8 Å². The predicted octanol–water partition coefficient (Wildman–Crippen LogP) is 3.84. The summed E-state index contributed by atoms with van der Waals surface area (Å²) in [6, 6.07) is 13.8. The lowest BCUT2D eigenvalue weighted by Gasteiger charge is -2.30. The smallest absolute Gasteiger partial charge is 0.241 e. The lowest BCUT2D eigenvalue weighted by molar-refractivity contribution is -0.127. The van der Waals surface area contributed by atoms with E-state index in [0.717, 1.165) is 42.9 Å². The fourth-order valence-corrected chi connectivity index (χ4v) is 4.96. The fourth-order valence-electron chi connectivity index (χ4n) is 4.96. The fraction of sp³-hybridized carbons (Fsp3) is 0.379. The number of carbonyl (C=O) groups excluding carboxylic acids is 1. The van der Waals surface area contributed by atoms with Crippen molar-refractivity contribution in [3.8, 4) is 22.9 Å². The number of nitrogens with one attached hydrogen (secondary N) is 1. The first kappa shape index (κ1) is 26.4. The third kappa shape index (κ3) is 6.46. The van der Waals surface area contributed by atoms with Gasteiger partial charge in [-0.2, -0.15) is 4.98 Å². The van der Waals surface area contributed by atoms with Gasteiger partial charge in [-0.1, -0.05) is 29.4 Å². The second-order valence-corrected chi connectivity index (χ2v) is 9.80. The zero-order valence-corrected chi connectivity index (χ0v) is 22.6. The number of carbonyl (C=O) groups is 1. The SMILES string of the molecule is COc1ccc(-c2noc(CN3CCCC(C(=O)NCc4cccc(Cn5ccnc5C)c4)C3)n2)cc1OC. The van der Waals surface area contributed by atoms with E-state index in [0.29, 0.717) is 42.8 Å². The van der Waals surface area contributed by atoms with Gasteiger partial charge in [0.15, 0.2) is 11.5 Å². The van der Waals surface area contributed by atoms with E-state index in [9.17, 15) is 4.79 Å². The van der Waals surface area contributed by atoms with Gasteiger partial charge in [0.25, 0.3) is 0 Å². The van der Waals surface area contributed by atoms with Crippen molar-refractivity contribution in [2.75, 3.05) is 27.3 Å². The zero-order valence-electron chi connectivity index (χ0n) is 22.6. The van der Waals surface area contributed by atoms with Crippen LogP contribution < -0.4 is 14.8 Å². The molecule has 204 valence electrons. The third-order valence-electron chi connectivity index (χ3n) is 7.08. The predicted molar refractivity (Wildman–Crippen MR) is 145 cm³/mol. The maximum Gasteiger partial charge on any atom is 0.241 e. The number of aromatic nitrogens is 4. The average molecular weight is 531 g/mol. The highest BCUT2D eigenvalue weighted by molar-refractivity contribution is 5.79. The van der Waals surface area contributed by atoms with Gasteiger partial charge in [-0.3, -0.25) is 9.69 Å². The minimum Gasteiger partial charge on any atom is -0.493 e. The van der Waals surface area contributed by atoms with Gasteiger partial charge in [0.2, 0.25) is 17.6 Å². The summed E-state index contributed by atoms with van der Waals surface area (Å²) >= 11 is 0. The van der Waals surface area contributed by atoms with Gasteiger partial charge in [0, 0.05) is 37.6 Å². The van der Waals surface area contributed by atoms with Crippen LogP contribution in [0.3, 0.4) is 0 Å². The summed E-state index contributed by atoms with van der Waals surface area (Å²) in [5.74, 6) is 3.23. The molecule has 2 aromatic carbocycles. The quantitative estimate of drug-likeness (QED) is 0.330. The number of benzene rings is 2. The molecule has 3 heterocycles. The summed E-state index contributed by atoms with van der Waals surface area (Å²) in [7, 11) is 3.19. The van der Waals surface area contributed by atoms with E-state index < -0.39 is 0 Å². The number of piperidine rings is 1. The summed E-state index contributed by atoms with van der Waals surface area (Å²) < 4.78 is 18.3. The Morgan fingerprint density at radius 3 is 2.74 bits per heavy atom. The molecule has 1 aliphatic heterocycles. The molecule has 1 saturated heterocycles. The van der Waals surface area contributed by atoms with Crippen molar-refractivity contribution >= 4 is 5.91 Å². The zero-order chi connectivity index (χ0) is 27.2. The molecular weight excluding hydrogens is 496 g/mol. The summed E-state index contributed by atoms with van der Waals surface area (Å²) in [6.45, 7) is 5.29. The molecule has 0 spiro atoms. The topological polar surface area (TPSA) is 108 Å². The van der Waals surface area contributed by atoms with Gasteiger partial charge in [-0.25, -0.2) is 4.98 Å². The standard InChI is InChI=1S/C29H34N6O4/c1-20-30-11-13-35(20)17-22-7-4-6-21(14-22)16-31-29(36)24-8-5-12-34(18-24)19-27-32-28(33-39-27)23-9-10-25(37-2)26(15-23)38-3/h4,6-7,9-11,13-15,24H,5,8,12,16-19H2,1-3H3,(H,31,36). The van der Waals surface area contributed by atoms with Crippen LogP contribution in [0.15, 0.2) is 59.4 Å². The van der Waals surface area contributed by atoms with Gasteiger partial charge in [-0.15, -0.1) is 0 Å². The number of hydrogen-bond acceptors (Lipinski definition) is 8. The van der Waals surface area contributed by atoms with Crippen LogP contribution in [-0.4, -0.2) is 57.8 Å². The van der Waals surface area contributed by atoms with Crippen LogP contribution in [0.25, 0.3) is 11.4 Å². The Balaban J connectivity index is 1.14. The number of ether oxygens (including phenoxy) is 2. The third-order valence-corrected chi connectivity index (χ3v) is 7.08. The number of imidazole rings is 1. The molecular formula is C29H34N6O4. The Labute approximate surface area is 227 Å². The average Bonchev–Trinajstić information content (AvgIpc) is 3.60. The van der Waals surface area contributed by atoms with Crippen LogP contribution in [0, 0.1) is 12.8 Å². The lowest BCUT2D eigenvalue weighted by atomic mass is 9.97. The minimum absolute atomic E-state index is 0.0760. The molecule has 0 saturated carbocycles. The molecule has 1 atom stereocenters. The van der Waals surface area contributed by atoms with Crippen molar-refractivity contribution in [2.24, 2.45) is 5.92 Å². The molecule has 1 amide bonds. The van der Waals surface area contributed by atoms with Crippen molar-refractivity contribution in [2.45, 2.75) is 39.4 Å². The summed E-state index contributed by atoms with van der Waals surface area (Å²) in [4.78, 5) is 24.1. The van der Waals surface area contributed by atoms with Crippen LogP contribution in [0.2, 0.25) is 0 Å². The van der Waals surface area contributed by atoms with E-state index in [1.807, 2.05) is 49.6 Å². The Morgan fingerprint density at radius 2 is 1.95 bits per heavy atom. The van der Waals surface area contributed by atoms with Gasteiger partial charge in [0.05, 0.1) is 26.7 Å². The number of amides is 1. The molecule has 0 bridgehead atoms. The number of likely N-dealkylation sites (tertiary alicyclic amines) is 1. The summed E-state index contributed by atoms with van der Waals surface area (Å²) in [6.07, 6.45) is 5.59. The first-order valence-corrected chi connectivity index (χ1v) is 13.1. The second-order valence-electron chi connectivity index (χ2n) is 9.80. The van der Waals surface area contributed by atoms with Crippen molar-refractivity contribution in [1.82, 2.24) is 29.9 Å². The van der Waals surface area contributed by atoms with Gasteiger partial charge in [0.1, 0.15) is 5.82 Å². The first-order valence-electron chi connectivity index (χ1n) is 13.1. The number of aryl methyl sites for hydroxylation is 1. The van der Waals surface area contributed by atoms with E-state index in [-0.39, 0.29) is 11.8 Å². The molecule has 2 aromatic heterocycles. The number of rotatable bonds is 10. The molecule has 0 aliphatic carbocycles. The number of methoxy groups -OCH3 is 2. The molecule has 0 radical (unpaired) electrons. The van der Waals surface area contributed by atoms with Crippen molar-refractivity contribution in [3.05, 3.63) is 77.7 Å². The highest BCUT2D eigenvalue weighted by atomic mass is 16.5. The highest BCUT2D eigenvalue weighted by Crippen LogP contribution is 2.31. The molecule has 1 fully saturated rings. The van der Waals surface area contributed by atoms with Crippen molar-refractivity contribution in [3.63, 3.8) is 0 Å². The van der Waals surface area contributed by atoms with Crippen LogP contribution in [0.1, 0.15) is 35.7 Å². The monoisotopic (exact) mass is 530 g/mol. The van der Waals surface area contributed by atoms with Crippen LogP contribution in [0.4, 0.5) is 0 Å². The minimum atomic E-state index is -0.0798. The Morgan fingerprint density at radius 1 is 1.10 bits per heavy atom. The molecule has 5 rings (SSSR count). The summed E-state index contributed by atoms with van der Waals surface area (Å²) in [5.41, 5.74) is 3.04. The van der Waals surface area contributed by atoms with Gasteiger partial charge in [-0.05, 0) is 55.6 Å². The lowest BCUT2D eigenvalue weighted by Crippen LogP contribution is -2.42.